The van der Waals surface area contributed by atoms with Gasteiger partial charge in [-0.15, -0.1) is 0 Å². The van der Waals surface area contributed by atoms with Gasteiger partial charge in [-0.05, 0) is 48.4 Å². The molecule has 54 heavy (non-hydrogen) atoms. The molecule has 0 aliphatic carbocycles. The standard InChI is InChI=1S/C39H39F2N9O4/c1-2-43-39(52)35-23-53-16-15-47(35)13-14-48-22-30-28(7-4-8-32(30)46-48)24-5-3-6-26(17-24)54-27-19-33(36(42)51)50(21-27)38-34-20-45-37(49(34)12-11-44-38)29-10-9-25(40)18-31(29)41/h3-12,17-18,20,22,27,33,35H,2,13-16,19,21,23H2,1H3,(H2,42,51)(H,43,52). The third-order valence-electron chi connectivity index (χ3n) is 10.0. The Bertz CT molecular complexity index is 2350. The number of primary amides is 1. The van der Waals surface area contributed by atoms with Gasteiger partial charge in [-0.1, -0.05) is 24.3 Å². The first kappa shape index (κ1) is 35.1. The zero-order chi connectivity index (χ0) is 37.3. The van der Waals surface area contributed by atoms with Crippen LogP contribution in [0.3, 0.4) is 0 Å². The van der Waals surface area contributed by atoms with Gasteiger partial charge in [0, 0.05) is 56.1 Å². The molecule has 2 aliphatic rings. The Morgan fingerprint density at radius 1 is 1.04 bits per heavy atom. The fourth-order valence-electron chi connectivity index (χ4n) is 7.45. The maximum atomic E-state index is 14.7. The molecule has 2 aliphatic heterocycles. The molecule has 13 nitrogen and oxygen atoms in total. The number of halogens is 2. The van der Waals surface area contributed by atoms with E-state index in [0.717, 1.165) is 28.1 Å². The Balaban J connectivity index is 1.00. The van der Waals surface area contributed by atoms with Crippen molar-refractivity contribution in [3.63, 3.8) is 0 Å². The zero-order valence-corrected chi connectivity index (χ0v) is 29.6. The minimum Gasteiger partial charge on any atom is -0.488 e. The summed E-state index contributed by atoms with van der Waals surface area (Å²) in [7, 11) is 0. The van der Waals surface area contributed by atoms with Crippen molar-refractivity contribution in [2.75, 3.05) is 44.3 Å². The smallest absolute Gasteiger partial charge is 0.240 e. The number of hydrogen-bond acceptors (Lipinski definition) is 9. The predicted molar refractivity (Wildman–Crippen MR) is 198 cm³/mol. The van der Waals surface area contributed by atoms with Crippen LogP contribution in [-0.4, -0.2) is 98.4 Å². The monoisotopic (exact) mass is 735 g/mol. The van der Waals surface area contributed by atoms with Crippen molar-refractivity contribution >= 4 is 34.1 Å². The number of carbonyl (C=O) groups excluding carboxylic acids is 2. The van der Waals surface area contributed by atoms with E-state index >= 15 is 0 Å². The number of fused-ring (bicyclic) bond motifs is 2. The van der Waals surface area contributed by atoms with Gasteiger partial charge in [0.15, 0.2) is 5.82 Å². The van der Waals surface area contributed by atoms with E-state index in [0.29, 0.717) is 69.4 Å². The summed E-state index contributed by atoms with van der Waals surface area (Å²) in [5, 5.41) is 8.73. The topological polar surface area (TPSA) is 145 Å². The minimum absolute atomic E-state index is 0.0232. The highest BCUT2D eigenvalue weighted by Crippen LogP contribution is 2.34. The van der Waals surface area contributed by atoms with E-state index in [4.69, 9.17) is 20.3 Å². The lowest BCUT2D eigenvalue weighted by atomic mass is 10.0. The van der Waals surface area contributed by atoms with Crippen LogP contribution in [-0.2, 0) is 20.9 Å². The normalized spacial score (nSPS) is 19.1. The summed E-state index contributed by atoms with van der Waals surface area (Å²) in [6, 6.07) is 16.1. The summed E-state index contributed by atoms with van der Waals surface area (Å²) in [5.41, 5.74) is 9.34. The number of rotatable bonds is 11. The highest BCUT2D eigenvalue weighted by atomic mass is 19.1. The van der Waals surface area contributed by atoms with Gasteiger partial charge in [-0.25, -0.2) is 18.7 Å². The summed E-state index contributed by atoms with van der Waals surface area (Å²) in [4.78, 5) is 38.3. The molecule has 0 saturated carbocycles. The van der Waals surface area contributed by atoms with E-state index in [9.17, 15) is 18.4 Å². The Labute approximate surface area is 309 Å². The van der Waals surface area contributed by atoms with E-state index in [1.807, 2.05) is 60.3 Å². The molecule has 2 amide bonds. The van der Waals surface area contributed by atoms with Crippen molar-refractivity contribution in [2.24, 2.45) is 5.73 Å². The van der Waals surface area contributed by atoms with Crippen LogP contribution >= 0.6 is 0 Å². The second-order valence-corrected chi connectivity index (χ2v) is 13.4. The third-order valence-corrected chi connectivity index (χ3v) is 10.0. The lowest BCUT2D eigenvalue weighted by Gasteiger charge is -2.34. The van der Waals surface area contributed by atoms with Crippen LogP contribution < -0.4 is 20.7 Å². The quantitative estimate of drug-likeness (QED) is 0.202. The summed E-state index contributed by atoms with van der Waals surface area (Å²) in [6.07, 6.45) is 6.67. The number of hydrogen-bond donors (Lipinski definition) is 2. The third kappa shape index (κ3) is 6.83. The molecule has 5 heterocycles. The van der Waals surface area contributed by atoms with Crippen LogP contribution in [0.5, 0.6) is 5.75 Å². The summed E-state index contributed by atoms with van der Waals surface area (Å²) in [5.74, 6) is -0.637. The van der Waals surface area contributed by atoms with E-state index in [1.165, 1.54) is 12.1 Å². The average Bonchev–Trinajstić information content (AvgIpc) is 3.91. The number of anilines is 1. The van der Waals surface area contributed by atoms with Gasteiger partial charge in [-0.2, -0.15) is 5.10 Å². The van der Waals surface area contributed by atoms with Crippen molar-refractivity contribution in [3.05, 3.63) is 97.1 Å². The Morgan fingerprint density at radius 2 is 1.91 bits per heavy atom. The first-order valence-corrected chi connectivity index (χ1v) is 17.9. The van der Waals surface area contributed by atoms with Crippen molar-refractivity contribution < 1.29 is 27.8 Å². The van der Waals surface area contributed by atoms with Gasteiger partial charge < -0.3 is 25.4 Å². The van der Waals surface area contributed by atoms with Crippen molar-refractivity contribution in [1.29, 1.82) is 0 Å². The fraction of sp³-hybridized carbons (Fsp3) is 0.308. The number of aromatic nitrogens is 5. The maximum Gasteiger partial charge on any atom is 0.240 e. The van der Waals surface area contributed by atoms with E-state index in [1.54, 1.807) is 27.9 Å². The number of nitrogens with one attached hydrogen (secondary N) is 1. The van der Waals surface area contributed by atoms with Crippen LogP contribution in [0.4, 0.5) is 14.6 Å². The Morgan fingerprint density at radius 3 is 2.74 bits per heavy atom. The second kappa shape index (κ2) is 14.8. The lowest BCUT2D eigenvalue weighted by molar-refractivity contribution is -0.132. The van der Waals surface area contributed by atoms with Crippen LogP contribution in [0.25, 0.3) is 38.9 Å². The van der Waals surface area contributed by atoms with Crippen molar-refractivity contribution in [1.82, 2.24) is 34.4 Å². The number of benzene rings is 3. The van der Waals surface area contributed by atoms with Crippen molar-refractivity contribution in [2.45, 2.75) is 38.1 Å². The number of morpholine rings is 1. The molecular weight excluding hydrogens is 696 g/mol. The Hall–Kier alpha value is -5.93. The molecule has 0 radical (unpaired) electrons. The number of likely N-dealkylation sites (N-methyl/N-ethyl adjacent to an activating group) is 1. The van der Waals surface area contributed by atoms with Gasteiger partial charge in [0.05, 0.1) is 43.6 Å². The van der Waals surface area contributed by atoms with Gasteiger partial charge in [0.2, 0.25) is 11.8 Å². The van der Waals surface area contributed by atoms with Gasteiger partial charge in [0.1, 0.15) is 46.9 Å². The molecule has 6 aromatic rings. The van der Waals surface area contributed by atoms with Gasteiger partial charge >= 0.3 is 0 Å². The fourth-order valence-corrected chi connectivity index (χ4v) is 7.45. The number of nitrogens with two attached hydrogens (primary N) is 1. The molecule has 2 fully saturated rings. The lowest BCUT2D eigenvalue weighted by Crippen LogP contribution is -2.54. The number of imidazole rings is 1. The van der Waals surface area contributed by atoms with E-state index in [-0.39, 0.29) is 23.3 Å². The number of carbonyl (C=O) groups is 2. The Kier molecular flexibility index (Phi) is 9.65. The molecule has 2 saturated heterocycles. The molecule has 0 spiro atoms. The minimum atomic E-state index is -0.742. The van der Waals surface area contributed by atoms with Gasteiger partial charge in [0.25, 0.3) is 0 Å². The molecule has 0 bridgehead atoms. The first-order valence-electron chi connectivity index (χ1n) is 17.9. The van der Waals surface area contributed by atoms with Crippen LogP contribution in [0.15, 0.2) is 85.5 Å². The molecule has 3 N–H and O–H groups in total. The largest absolute Gasteiger partial charge is 0.488 e. The number of ether oxygens (including phenoxy) is 2. The molecule has 3 unspecified atom stereocenters. The molecule has 3 aromatic carbocycles. The van der Waals surface area contributed by atoms with E-state index in [2.05, 4.69) is 20.2 Å². The second-order valence-electron chi connectivity index (χ2n) is 13.4. The van der Waals surface area contributed by atoms with Crippen molar-refractivity contribution in [3.8, 4) is 28.3 Å². The van der Waals surface area contributed by atoms with Crippen LogP contribution in [0, 0.1) is 11.6 Å². The van der Waals surface area contributed by atoms with Crippen LogP contribution in [0.2, 0.25) is 0 Å². The molecule has 278 valence electrons. The highest BCUT2D eigenvalue weighted by molar-refractivity contribution is 5.94. The zero-order valence-electron chi connectivity index (χ0n) is 29.6. The van der Waals surface area contributed by atoms with Crippen LogP contribution in [0.1, 0.15) is 13.3 Å². The SMILES string of the molecule is CCNC(=O)C1COCCN1CCn1cc2c(-c3cccc(OC4CC(C(N)=O)N(c5nccn6c(-c7ccc(F)cc7F)ncc56)C4)c3)cccc2n1. The molecule has 8 rings (SSSR count). The molecule has 3 aromatic heterocycles. The number of amides is 2. The molecular formula is C39H39F2N9O4. The highest BCUT2D eigenvalue weighted by Gasteiger charge is 2.39. The predicted octanol–water partition coefficient (Wildman–Crippen LogP) is 4.04. The molecule has 15 heteroatoms. The maximum absolute atomic E-state index is 14.7. The van der Waals surface area contributed by atoms with Gasteiger partial charge in [-0.3, -0.25) is 23.6 Å². The number of nitrogens with zero attached hydrogens (tertiary/aromatic N) is 7. The first-order chi connectivity index (χ1) is 26.3. The average molecular weight is 736 g/mol. The molecule has 3 atom stereocenters. The summed E-state index contributed by atoms with van der Waals surface area (Å²) in [6.45, 7) is 5.68. The van der Waals surface area contributed by atoms with E-state index < -0.39 is 29.7 Å². The summed E-state index contributed by atoms with van der Waals surface area (Å²) < 4.78 is 44.0. The summed E-state index contributed by atoms with van der Waals surface area (Å²) >= 11 is 0.